The van der Waals surface area contributed by atoms with Crippen LogP contribution in [0.2, 0.25) is 0 Å². The Kier molecular flexibility index (Phi) is 8.21. The van der Waals surface area contributed by atoms with E-state index in [0.29, 0.717) is 0 Å². The SMILES string of the molecule is c1ccc2c(c1)c1ccccc1n2-c1ccc2c(c1)Oc1cc(-n3c4ccccc4c4ccccc43)ccc1C21c2cc(-n3c4ccccc4c4ccccc43)cnc2-c2ncc(-n3c4ccccc4c4ccccc43)cc21. The highest BCUT2D eigenvalue weighted by atomic mass is 16.5. The van der Waals surface area contributed by atoms with Gasteiger partial charge in [-0.3, -0.25) is 9.97 Å². The van der Waals surface area contributed by atoms with Gasteiger partial charge in [-0.2, -0.15) is 0 Å². The van der Waals surface area contributed by atoms with E-state index in [-0.39, 0.29) is 0 Å². The molecule has 7 heteroatoms. The molecule has 2 aliphatic rings. The highest BCUT2D eigenvalue weighted by Gasteiger charge is 2.53. The van der Waals surface area contributed by atoms with Gasteiger partial charge in [0.2, 0.25) is 0 Å². The minimum Gasteiger partial charge on any atom is -0.457 e. The van der Waals surface area contributed by atoms with Crippen LogP contribution in [-0.4, -0.2) is 28.2 Å². The maximum absolute atomic E-state index is 7.58. The molecule has 16 aromatic rings. The van der Waals surface area contributed by atoms with Gasteiger partial charge in [-0.05, 0) is 72.8 Å². The first-order valence-electron chi connectivity index (χ1n) is 26.6. The maximum Gasteiger partial charge on any atom is 0.134 e. The second-order valence-corrected chi connectivity index (χ2v) is 20.9. The molecule has 0 amide bonds. The van der Waals surface area contributed by atoms with E-state index in [0.717, 1.165) is 112 Å². The lowest BCUT2D eigenvalue weighted by Crippen LogP contribution is -2.32. The zero-order valence-corrected chi connectivity index (χ0v) is 41.8. The molecule has 362 valence electrons. The molecule has 10 aromatic carbocycles. The Balaban J connectivity index is 0.972. The first-order chi connectivity index (χ1) is 38.7. The topological polar surface area (TPSA) is 54.7 Å². The number of fused-ring (bicyclic) bond motifs is 21. The number of ether oxygens (including phenoxy) is 1. The summed E-state index contributed by atoms with van der Waals surface area (Å²) >= 11 is 0. The molecule has 0 saturated carbocycles. The number of rotatable bonds is 4. The quantitative estimate of drug-likeness (QED) is 0.177. The molecule has 1 aliphatic carbocycles. The van der Waals surface area contributed by atoms with Gasteiger partial charge in [-0.25, -0.2) is 0 Å². The summed E-state index contributed by atoms with van der Waals surface area (Å²) in [4.78, 5) is 11.1. The van der Waals surface area contributed by atoms with Crippen molar-refractivity contribution >= 4 is 87.2 Å². The van der Waals surface area contributed by atoms with E-state index in [4.69, 9.17) is 14.7 Å². The summed E-state index contributed by atoms with van der Waals surface area (Å²) < 4.78 is 17.1. The van der Waals surface area contributed by atoms with E-state index >= 15 is 0 Å². The molecular formula is C71H42N6O. The molecule has 0 saturated heterocycles. The fourth-order valence-electron chi connectivity index (χ4n) is 14.0. The second kappa shape index (κ2) is 15.3. The lowest BCUT2D eigenvalue weighted by molar-refractivity contribution is 0.436. The van der Waals surface area contributed by atoms with Crippen LogP contribution in [0.1, 0.15) is 22.3 Å². The van der Waals surface area contributed by atoms with E-state index in [9.17, 15) is 0 Å². The average Bonchev–Trinajstić information content (AvgIpc) is 4.24. The lowest BCUT2D eigenvalue weighted by atomic mass is 9.66. The third kappa shape index (κ3) is 5.36. The Hall–Kier alpha value is -10.5. The highest BCUT2D eigenvalue weighted by Crippen LogP contribution is 2.62. The van der Waals surface area contributed by atoms with Crippen molar-refractivity contribution in [3.63, 3.8) is 0 Å². The molecule has 0 atom stereocenters. The fraction of sp³-hybridized carbons (Fsp3) is 0.0141. The maximum atomic E-state index is 7.58. The van der Waals surface area contributed by atoms with Crippen LogP contribution in [0.25, 0.3) is 121 Å². The van der Waals surface area contributed by atoms with E-state index in [1.54, 1.807) is 0 Å². The second-order valence-electron chi connectivity index (χ2n) is 20.9. The monoisotopic (exact) mass is 994 g/mol. The zero-order chi connectivity index (χ0) is 50.8. The number of aromatic nitrogens is 6. The fourth-order valence-corrected chi connectivity index (χ4v) is 14.0. The molecule has 0 radical (unpaired) electrons. The van der Waals surface area contributed by atoms with Crippen molar-refractivity contribution < 1.29 is 4.74 Å². The summed E-state index contributed by atoms with van der Waals surface area (Å²) in [5.74, 6) is 1.54. The summed E-state index contributed by atoms with van der Waals surface area (Å²) in [6, 6.07) is 88.1. The van der Waals surface area contributed by atoms with Crippen LogP contribution in [0.3, 0.4) is 0 Å². The van der Waals surface area contributed by atoms with Crippen molar-refractivity contribution in [3.8, 4) is 45.6 Å². The van der Waals surface area contributed by atoms with E-state index < -0.39 is 5.41 Å². The van der Waals surface area contributed by atoms with E-state index in [2.05, 4.69) is 261 Å². The predicted molar refractivity (Wildman–Crippen MR) is 317 cm³/mol. The van der Waals surface area contributed by atoms with Crippen LogP contribution in [0.15, 0.2) is 255 Å². The number of pyridine rings is 2. The molecule has 0 unspecified atom stereocenters. The van der Waals surface area contributed by atoms with Gasteiger partial charge in [-0.15, -0.1) is 0 Å². The van der Waals surface area contributed by atoms with Crippen molar-refractivity contribution in [2.75, 3.05) is 0 Å². The average molecular weight is 995 g/mol. The Labute approximate surface area is 446 Å². The first-order valence-corrected chi connectivity index (χ1v) is 26.6. The zero-order valence-electron chi connectivity index (χ0n) is 41.8. The van der Waals surface area contributed by atoms with E-state index in [1.807, 2.05) is 12.4 Å². The van der Waals surface area contributed by atoms with Crippen LogP contribution in [-0.2, 0) is 5.41 Å². The lowest BCUT2D eigenvalue weighted by Gasteiger charge is -2.39. The normalized spacial score (nSPS) is 13.3. The van der Waals surface area contributed by atoms with Gasteiger partial charge in [0.15, 0.2) is 0 Å². The Morgan fingerprint density at radius 3 is 0.795 bits per heavy atom. The van der Waals surface area contributed by atoms with Crippen LogP contribution >= 0.6 is 0 Å². The molecule has 0 N–H and O–H groups in total. The number of benzene rings is 10. The van der Waals surface area contributed by atoms with Crippen LogP contribution in [0, 0.1) is 0 Å². The third-order valence-corrected chi connectivity index (χ3v) is 17.1. The third-order valence-electron chi connectivity index (χ3n) is 17.1. The van der Waals surface area contributed by atoms with Crippen LogP contribution < -0.4 is 4.74 Å². The van der Waals surface area contributed by atoms with E-state index in [1.165, 1.54) is 43.1 Å². The molecule has 1 spiro atoms. The van der Waals surface area contributed by atoms with Crippen molar-refractivity contribution in [2.24, 2.45) is 0 Å². The largest absolute Gasteiger partial charge is 0.457 e. The van der Waals surface area contributed by atoms with Gasteiger partial charge >= 0.3 is 0 Å². The molecule has 18 rings (SSSR count). The number of hydrogen-bond donors (Lipinski definition) is 0. The molecule has 7 nitrogen and oxygen atoms in total. The van der Waals surface area contributed by atoms with Gasteiger partial charge in [0, 0.05) is 88.9 Å². The molecule has 1 aliphatic heterocycles. The summed E-state index contributed by atoms with van der Waals surface area (Å²) in [5, 5.41) is 9.60. The first kappa shape index (κ1) is 41.8. The standard InChI is InChI=1S/C71H42N6O/c1-9-25-59-47(17-1)48-18-2-10-26-60(48)74(59)43-33-35-55-67(39-43)78-68-40-44(75-61-27-11-3-19-49(61)50-20-4-12-28-62(50)75)34-36-56(68)71(55)57-37-45(76-63-29-13-5-21-51(63)52-22-6-14-30-64(52)76)41-72-69(57)70-58(71)38-46(42-73-70)77-65-31-15-7-23-53(65)54-24-8-16-32-66(54)77/h1-42H. The van der Waals surface area contributed by atoms with Gasteiger partial charge in [-0.1, -0.05) is 158 Å². The molecule has 0 bridgehead atoms. The summed E-state index contributed by atoms with van der Waals surface area (Å²) in [7, 11) is 0. The van der Waals surface area contributed by atoms with Crippen molar-refractivity contribution in [1.29, 1.82) is 0 Å². The minimum atomic E-state index is -0.962. The number of para-hydroxylation sites is 8. The van der Waals surface area contributed by atoms with Gasteiger partial charge in [0.25, 0.3) is 0 Å². The smallest absolute Gasteiger partial charge is 0.134 e. The van der Waals surface area contributed by atoms with Crippen molar-refractivity contribution in [2.45, 2.75) is 5.41 Å². The van der Waals surface area contributed by atoms with Crippen LogP contribution in [0.5, 0.6) is 11.5 Å². The van der Waals surface area contributed by atoms with Crippen molar-refractivity contribution in [3.05, 3.63) is 277 Å². The highest BCUT2D eigenvalue weighted by molar-refractivity contribution is 6.12. The van der Waals surface area contributed by atoms with Crippen molar-refractivity contribution in [1.82, 2.24) is 28.2 Å². The summed E-state index contributed by atoms with van der Waals surface area (Å²) in [6.07, 6.45) is 4.09. The number of hydrogen-bond acceptors (Lipinski definition) is 3. The Morgan fingerprint density at radius 2 is 0.513 bits per heavy atom. The molecule has 7 heterocycles. The summed E-state index contributed by atoms with van der Waals surface area (Å²) in [5.41, 5.74) is 17.8. The van der Waals surface area contributed by atoms with Gasteiger partial charge in [0.05, 0.1) is 84.7 Å². The molecular weight excluding hydrogens is 953 g/mol. The minimum absolute atomic E-state index is 0.768. The van der Waals surface area contributed by atoms with Crippen LogP contribution in [0.4, 0.5) is 0 Å². The molecule has 78 heavy (non-hydrogen) atoms. The Morgan fingerprint density at radius 1 is 0.256 bits per heavy atom. The Bertz CT molecular complexity index is 4740. The summed E-state index contributed by atoms with van der Waals surface area (Å²) in [6.45, 7) is 0. The van der Waals surface area contributed by atoms with Gasteiger partial charge < -0.3 is 23.0 Å². The van der Waals surface area contributed by atoms with Gasteiger partial charge in [0.1, 0.15) is 11.5 Å². The molecule has 6 aromatic heterocycles. The predicted octanol–water partition coefficient (Wildman–Crippen LogP) is 17.3. The number of nitrogens with zero attached hydrogens (tertiary/aromatic N) is 6. The molecule has 0 fully saturated rings.